The molecule has 1 heterocycles. The predicted molar refractivity (Wildman–Crippen MR) is 81.7 cm³/mol. The van der Waals surface area contributed by atoms with Crippen molar-refractivity contribution < 1.29 is 0 Å². The molecule has 0 aliphatic carbocycles. The minimum atomic E-state index is 0.887. The predicted octanol–water partition coefficient (Wildman–Crippen LogP) is 3.46. The van der Waals surface area contributed by atoms with E-state index in [1.807, 2.05) is 12.3 Å². The van der Waals surface area contributed by atoms with E-state index in [1.54, 1.807) is 0 Å². The number of benzene rings is 1. The highest BCUT2D eigenvalue weighted by atomic mass is 15.1. The Morgan fingerprint density at radius 2 is 2.05 bits per heavy atom. The molecule has 0 radical (unpaired) electrons. The largest absolute Gasteiger partial charge is 0.370 e. The smallest absolute Gasteiger partial charge is 0.127 e. The lowest BCUT2D eigenvalue weighted by atomic mass is 10.1. The fraction of sp³-hybridized carbons (Fsp3) is 0.312. The van der Waals surface area contributed by atoms with Crippen LogP contribution in [0.4, 0.5) is 11.5 Å². The molecule has 0 amide bonds. The van der Waals surface area contributed by atoms with E-state index >= 15 is 0 Å². The molecule has 3 heteroatoms. The van der Waals surface area contributed by atoms with Gasteiger partial charge >= 0.3 is 0 Å². The first-order valence-corrected chi connectivity index (χ1v) is 6.65. The Labute approximate surface area is 115 Å². The van der Waals surface area contributed by atoms with Crippen molar-refractivity contribution in [2.24, 2.45) is 0 Å². The molecule has 0 saturated carbocycles. The first-order chi connectivity index (χ1) is 9.19. The minimum absolute atomic E-state index is 0.887. The van der Waals surface area contributed by atoms with Crippen LogP contribution in [0, 0.1) is 6.92 Å². The molecule has 1 N–H and O–H groups in total. The summed E-state index contributed by atoms with van der Waals surface area (Å²) in [4.78, 5) is 6.53. The van der Waals surface area contributed by atoms with Crippen molar-refractivity contribution in [1.82, 2.24) is 4.98 Å². The van der Waals surface area contributed by atoms with Gasteiger partial charge in [-0.1, -0.05) is 29.8 Å². The van der Waals surface area contributed by atoms with Gasteiger partial charge in [0, 0.05) is 38.1 Å². The third kappa shape index (κ3) is 3.71. The summed E-state index contributed by atoms with van der Waals surface area (Å²) < 4.78 is 0. The van der Waals surface area contributed by atoms with Crippen molar-refractivity contribution in [2.45, 2.75) is 20.4 Å². The quantitative estimate of drug-likeness (QED) is 0.887. The Kier molecular flexibility index (Phi) is 4.39. The minimum Gasteiger partial charge on any atom is -0.370 e. The number of rotatable bonds is 5. The van der Waals surface area contributed by atoms with Crippen LogP contribution in [0.3, 0.4) is 0 Å². The van der Waals surface area contributed by atoms with Gasteiger partial charge in [0.25, 0.3) is 0 Å². The van der Waals surface area contributed by atoms with Crippen LogP contribution in [0.1, 0.15) is 18.1 Å². The number of pyridine rings is 1. The summed E-state index contributed by atoms with van der Waals surface area (Å²) in [6.45, 7) is 5.99. The Balaban J connectivity index is 2.11. The lowest BCUT2D eigenvalue weighted by molar-refractivity contribution is 0.919. The van der Waals surface area contributed by atoms with E-state index in [0.717, 1.165) is 18.9 Å². The number of aryl methyl sites for hydroxylation is 1. The molecule has 0 atom stereocenters. The van der Waals surface area contributed by atoms with Crippen LogP contribution in [-0.4, -0.2) is 18.6 Å². The third-order valence-corrected chi connectivity index (χ3v) is 3.04. The molecule has 1 aromatic carbocycles. The van der Waals surface area contributed by atoms with E-state index in [9.17, 15) is 0 Å². The van der Waals surface area contributed by atoms with Crippen LogP contribution < -0.4 is 10.2 Å². The molecule has 0 aliphatic rings. The van der Waals surface area contributed by atoms with Gasteiger partial charge in [0.05, 0.1) is 0 Å². The maximum Gasteiger partial charge on any atom is 0.127 e. The van der Waals surface area contributed by atoms with E-state index < -0.39 is 0 Å². The van der Waals surface area contributed by atoms with Crippen LogP contribution in [0.15, 0.2) is 42.6 Å². The average molecular weight is 255 g/mol. The molecule has 0 bridgehead atoms. The average Bonchev–Trinajstić information content (AvgIpc) is 2.39. The van der Waals surface area contributed by atoms with E-state index in [1.165, 1.54) is 16.8 Å². The first-order valence-electron chi connectivity index (χ1n) is 6.65. The van der Waals surface area contributed by atoms with Gasteiger partial charge in [-0.05, 0) is 25.5 Å². The fourth-order valence-electron chi connectivity index (χ4n) is 2.11. The molecular formula is C16H21N3. The van der Waals surface area contributed by atoms with Gasteiger partial charge in [0.2, 0.25) is 0 Å². The molecule has 3 nitrogen and oxygen atoms in total. The summed E-state index contributed by atoms with van der Waals surface area (Å²) >= 11 is 0. The third-order valence-electron chi connectivity index (χ3n) is 3.04. The molecule has 2 rings (SSSR count). The van der Waals surface area contributed by atoms with E-state index in [-0.39, 0.29) is 0 Å². The number of nitrogens with one attached hydrogen (secondary N) is 1. The van der Waals surface area contributed by atoms with Crippen molar-refractivity contribution >= 4 is 11.5 Å². The van der Waals surface area contributed by atoms with Crippen LogP contribution >= 0.6 is 0 Å². The van der Waals surface area contributed by atoms with Crippen LogP contribution in [-0.2, 0) is 6.54 Å². The van der Waals surface area contributed by atoms with Crippen molar-refractivity contribution in [2.75, 3.05) is 23.8 Å². The number of anilines is 2. The fourth-order valence-corrected chi connectivity index (χ4v) is 2.11. The monoisotopic (exact) mass is 255 g/mol. The van der Waals surface area contributed by atoms with Crippen LogP contribution in [0.5, 0.6) is 0 Å². The zero-order valence-corrected chi connectivity index (χ0v) is 11.9. The number of hydrogen-bond donors (Lipinski definition) is 1. The van der Waals surface area contributed by atoms with Gasteiger partial charge in [-0.3, -0.25) is 0 Å². The van der Waals surface area contributed by atoms with E-state index in [4.69, 9.17) is 0 Å². The molecule has 0 aliphatic heterocycles. The molecular weight excluding hydrogens is 234 g/mol. The summed E-state index contributed by atoms with van der Waals surface area (Å²) in [7, 11) is 2.10. The Morgan fingerprint density at radius 1 is 1.21 bits per heavy atom. The maximum atomic E-state index is 4.29. The van der Waals surface area contributed by atoms with Crippen molar-refractivity contribution in [3.8, 4) is 0 Å². The van der Waals surface area contributed by atoms with Gasteiger partial charge in [-0.2, -0.15) is 0 Å². The Bertz CT molecular complexity index is 537. The second-order valence-electron chi connectivity index (χ2n) is 4.77. The summed E-state index contributed by atoms with van der Waals surface area (Å²) in [6.07, 6.45) is 1.85. The van der Waals surface area contributed by atoms with Gasteiger partial charge in [0.15, 0.2) is 0 Å². The molecule has 0 saturated heterocycles. The highest BCUT2D eigenvalue weighted by Crippen LogP contribution is 2.18. The molecule has 0 spiro atoms. The SMILES string of the molecule is CCNc1cc(N(C)Cc2cccc(C)c2)ccn1. The van der Waals surface area contributed by atoms with Gasteiger partial charge in [-0.25, -0.2) is 4.98 Å². The first kappa shape index (κ1) is 13.4. The second-order valence-corrected chi connectivity index (χ2v) is 4.77. The normalized spacial score (nSPS) is 10.3. The molecule has 1 aromatic heterocycles. The van der Waals surface area contributed by atoms with Gasteiger partial charge in [0.1, 0.15) is 5.82 Å². The van der Waals surface area contributed by atoms with E-state index in [2.05, 4.69) is 66.4 Å². The zero-order valence-electron chi connectivity index (χ0n) is 11.9. The van der Waals surface area contributed by atoms with E-state index in [0.29, 0.717) is 0 Å². The second kappa shape index (κ2) is 6.23. The molecule has 2 aromatic rings. The van der Waals surface area contributed by atoms with Crippen molar-refractivity contribution in [3.05, 3.63) is 53.7 Å². The van der Waals surface area contributed by atoms with Crippen LogP contribution in [0.2, 0.25) is 0 Å². The Morgan fingerprint density at radius 3 is 2.79 bits per heavy atom. The highest BCUT2D eigenvalue weighted by molar-refractivity contribution is 5.53. The zero-order chi connectivity index (χ0) is 13.7. The topological polar surface area (TPSA) is 28.2 Å². The number of aromatic nitrogens is 1. The van der Waals surface area contributed by atoms with Gasteiger partial charge in [-0.15, -0.1) is 0 Å². The van der Waals surface area contributed by atoms with Crippen molar-refractivity contribution in [3.63, 3.8) is 0 Å². The van der Waals surface area contributed by atoms with Crippen LogP contribution in [0.25, 0.3) is 0 Å². The highest BCUT2D eigenvalue weighted by Gasteiger charge is 2.03. The van der Waals surface area contributed by atoms with Crippen molar-refractivity contribution in [1.29, 1.82) is 0 Å². The summed E-state index contributed by atoms with van der Waals surface area (Å²) in [6, 6.07) is 12.7. The summed E-state index contributed by atoms with van der Waals surface area (Å²) in [5.41, 5.74) is 3.80. The standard InChI is InChI=1S/C16H21N3/c1-4-17-16-11-15(8-9-18-16)19(3)12-14-7-5-6-13(2)10-14/h5-11H,4,12H2,1-3H3,(H,17,18). The molecule has 100 valence electrons. The number of hydrogen-bond acceptors (Lipinski definition) is 3. The maximum absolute atomic E-state index is 4.29. The molecule has 19 heavy (non-hydrogen) atoms. The molecule has 0 unspecified atom stereocenters. The Hall–Kier alpha value is -2.03. The summed E-state index contributed by atoms with van der Waals surface area (Å²) in [5.74, 6) is 0.927. The molecule has 0 fully saturated rings. The van der Waals surface area contributed by atoms with Gasteiger partial charge < -0.3 is 10.2 Å². The lowest BCUT2D eigenvalue weighted by Crippen LogP contribution is -2.16. The lowest BCUT2D eigenvalue weighted by Gasteiger charge is -2.20. The number of nitrogens with zero attached hydrogens (tertiary/aromatic N) is 2. The summed E-state index contributed by atoms with van der Waals surface area (Å²) in [5, 5.41) is 3.24.